The standard InChI is InChI=1S/C33H50N4O5/c1-21(2)20-28(37-32(39)29(35)22(3)4)31(38)36-24(6)33(40)42-30(25-12-10-23(5)11-13-25)26-14-16-27(17-15-26)41-19-9-7-8-18-34/h10-17,21-22,24,28-30H,7-9,18-20,34-35H2,1-6H3,(H,36,38)(H,37,39). The van der Waals surface area contributed by atoms with E-state index in [9.17, 15) is 14.4 Å². The van der Waals surface area contributed by atoms with Crippen molar-refractivity contribution >= 4 is 17.8 Å². The van der Waals surface area contributed by atoms with Crippen LogP contribution in [-0.4, -0.2) is 49.1 Å². The van der Waals surface area contributed by atoms with Crippen LogP contribution >= 0.6 is 0 Å². The average Bonchev–Trinajstić information content (AvgIpc) is 2.95. The highest BCUT2D eigenvalue weighted by molar-refractivity contribution is 5.92. The quantitative estimate of drug-likeness (QED) is 0.162. The number of nitrogens with two attached hydrogens (primary N) is 2. The third-order valence-corrected chi connectivity index (χ3v) is 6.99. The summed E-state index contributed by atoms with van der Waals surface area (Å²) >= 11 is 0. The third-order valence-electron chi connectivity index (χ3n) is 6.99. The molecule has 42 heavy (non-hydrogen) atoms. The monoisotopic (exact) mass is 582 g/mol. The summed E-state index contributed by atoms with van der Waals surface area (Å²) < 4.78 is 11.8. The second kappa shape index (κ2) is 17.5. The molecule has 0 saturated heterocycles. The molecule has 2 amide bonds. The molecule has 2 aromatic carbocycles. The van der Waals surface area contributed by atoms with E-state index < -0.39 is 42.0 Å². The Morgan fingerprint density at radius 3 is 1.95 bits per heavy atom. The first-order valence-electron chi connectivity index (χ1n) is 15.0. The minimum atomic E-state index is -0.952. The summed E-state index contributed by atoms with van der Waals surface area (Å²) in [5.41, 5.74) is 14.2. The van der Waals surface area contributed by atoms with Gasteiger partial charge in [-0.15, -0.1) is 0 Å². The molecule has 0 heterocycles. The van der Waals surface area contributed by atoms with Crippen LogP contribution in [0.15, 0.2) is 48.5 Å². The Kier molecular flexibility index (Phi) is 14.5. The number of benzene rings is 2. The number of rotatable bonds is 17. The number of nitrogens with one attached hydrogen (secondary N) is 2. The molecule has 0 fully saturated rings. The van der Waals surface area contributed by atoms with Crippen molar-refractivity contribution in [1.29, 1.82) is 0 Å². The van der Waals surface area contributed by atoms with Crippen LogP contribution in [0, 0.1) is 18.8 Å². The highest BCUT2D eigenvalue weighted by Crippen LogP contribution is 2.28. The van der Waals surface area contributed by atoms with E-state index in [2.05, 4.69) is 10.6 Å². The zero-order valence-electron chi connectivity index (χ0n) is 26.0. The molecule has 232 valence electrons. The van der Waals surface area contributed by atoms with Gasteiger partial charge in [-0.2, -0.15) is 0 Å². The van der Waals surface area contributed by atoms with Gasteiger partial charge < -0.3 is 31.6 Å². The number of carbonyl (C=O) groups is 3. The Morgan fingerprint density at radius 2 is 1.40 bits per heavy atom. The fourth-order valence-corrected chi connectivity index (χ4v) is 4.29. The highest BCUT2D eigenvalue weighted by Gasteiger charge is 2.29. The third kappa shape index (κ3) is 11.4. The number of esters is 1. The number of ether oxygens (including phenoxy) is 2. The average molecular weight is 583 g/mol. The van der Waals surface area contributed by atoms with Gasteiger partial charge in [-0.05, 0) is 81.2 Å². The van der Waals surface area contributed by atoms with Gasteiger partial charge in [0.05, 0.1) is 12.6 Å². The van der Waals surface area contributed by atoms with Crippen molar-refractivity contribution in [2.24, 2.45) is 23.3 Å². The summed E-state index contributed by atoms with van der Waals surface area (Å²) in [7, 11) is 0. The second-order valence-corrected chi connectivity index (χ2v) is 11.7. The molecule has 6 N–H and O–H groups in total. The van der Waals surface area contributed by atoms with Crippen molar-refractivity contribution in [2.45, 2.75) is 91.5 Å². The molecule has 0 aliphatic carbocycles. The fraction of sp³-hybridized carbons (Fsp3) is 0.545. The van der Waals surface area contributed by atoms with Crippen LogP contribution in [0.3, 0.4) is 0 Å². The lowest BCUT2D eigenvalue weighted by Crippen LogP contribution is -2.55. The first-order valence-corrected chi connectivity index (χ1v) is 15.0. The van der Waals surface area contributed by atoms with E-state index in [-0.39, 0.29) is 11.8 Å². The van der Waals surface area contributed by atoms with E-state index in [4.69, 9.17) is 20.9 Å². The highest BCUT2D eigenvalue weighted by atomic mass is 16.5. The van der Waals surface area contributed by atoms with E-state index in [0.717, 1.165) is 41.7 Å². The van der Waals surface area contributed by atoms with Crippen LogP contribution in [0.4, 0.5) is 0 Å². The van der Waals surface area contributed by atoms with Crippen molar-refractivity contribution < 1.29 is 23.9 Å². The summed E-state index contributed by atoms with van der Waals surface area (Å²) in [4.78, 5) is 39.0. The molecular weight excluding hydrogens is 532 g/mol. The number of unbranched alkanes of at least 4 members (excludes halogenated alkanes) is 2. The lowest BCUT2D eigenvalue weighted by molar-refractivity contribution is -0.151. The molecule has 0 aliphatic heterocycles. The van der Waals surface area contributed by atoms with Crippen molar-refractivity contribution in [3.05, 3.63) is 65.2 Å². The maximum Gasteiger partial charge on any atom is 0.329 e. The minimum Gasteiger partial charge on any atom is -0.494 e. The van der Waals surface area contributed by atoms with Gasteiger partial charge in [-0.25, -0.2) is 4.79 Å². The number of hydrogen-bond acceptors (Lipinski definition) is 7. The summed E-state index contributed by atoms with van der Waals surface area (Å²) in [6, 6.07) is 12.7. The number of aryl methyl sites for hydroxylation is 1. The van der Waals surface area contributed by atoms with Crippen LogP contribution in [0.25, 0.3) is 0 Å². The second-order valence-electron chi connectivity index (χ2n) is 11.7. The predicted octanol–water partition coefficient (Wildman–Crippen LogP) is 4.15. The molecule has 0 spiro atoms. The summed E-state index contributed by atoms with van der Waals surface area (Å²) in [5, 5.41) is 5.48. The van der Waals surface area contributed by atoms with E-state index in [1.54, 1.807) is 6.92 Å². The molecule has 2 rings (SSSR count). The molecular formula is C33H50N4O5. The van der Waals surface area contributed by atoms with Crippen LogP contribution in [-0.2, 0) is 19.1 Å². The number of amides is 2. The predicted molar refractivity (Wildman–Crippen MR) is 166 cm³/mol. The maximum absolute atomic E-state index is 13.3. The molecule has 0 saturated carbocycles. The van der Waals surface area contributed by atoms with Gasteiger partial charge in [-0.1, -0.05) is 69.7 Å². The Balaban J connectivity index is 2.15. The minimum absolute atomic E-state index is 0.0812. The smallest absolute Gasteiger partial charge is 0.329 e. The van der Waals surface area contributed by atoms with Gasteiger partial charge in [0.2, 0.25) is 11.8 Å². The lowest BCUT2D eigenvalue weighted by Gasteiger charge is -2.25. The van der Waals surface area contributed by atoms with Gasteiger partial charge >= 0.3 is 5.97 Å². The van der Waals surface area contributed by atoms with E-state index >= 15 is 0 Å². The Labute approximate surface area is 251 Å². The van der Waals surface area contributed by atoms with Crippen molar-refractivity contribution in [2.75, 3.05) is 13.2 Å². The molecule has 0 bridgehead atoms. The Bertz CT molecular complexity index is 1120. The largest absolute Gasteiger partial charge is 0.494 e. The Morgan fingerprint density at radius 1 is 0.810 bits per heavy atom. The van der Waals surface area contributed by atoms with E-state index in [1.807, 2.05) is 83.1 Å². The van der Waals surface area contributed by atoms with Gasteiger partial charge in [0.15, 0.2) is 6.10 Å². The van der Waals surface area contributed by atoms with E-state index in [1.165, 1.54) is 0 Å². The first-order chi connectivity index (χ1) is 19.9. The Hall–Kier alpha value is -3.43. The molecule has 4 unspecified atom stereocenters. The molecule has 0 aromatic heterocycles. The normalized spacial score (nSPS) is 14.1. The van der Waals surface area contributed by atoms with Crippen molar-refractivity contribution in [3.63, 3.8) is 0 Å². The maximum atomic E-state index is 13.3. The lowest BCUT2D eigenvalue weighted by atomic mass is 10.00. The molecule has 0 radical (unpaired) electrons. The van der Waals surface area contributed by atoms with Crippen LogP contribution in [0.5, 0.6) is 5.75 Å². The van der Waals surface area contributed by atoms with E-state index in [0.29, 0.717) is 19.6 Å². The zero-order valence-corrected chi connectivity index (χ0v) is 26.0. The fourth-order valence-electron chi connectivity index (χ4n) is 4.29. The van der Waals surface area contributed by atoms with Gasteiger partial charge in [0.1, 0.15) is 17.8 Å². The van der Waals surface area contributed by atoms with Gasteiger partial charge in [0.25, 0.3) is 0 Å². The van der Waals surface area contributed by atoms with Crippen molar-refractivity contribution in [1.82, 2.24) is 10.6 Å². The summed E-state index contributed by atoms with van der Waals surface area (Å²) in [6.45, 7) is 12.4. The molecule has 9 nitrogen and oxygen atoms in total. The van der Waals surface area contributed by atoms with Gasteiger partial charge in [-0.3, -0.25) is 9.59 Å². The summed E-state index contributed by atoms with van der Waals surface area (Å²) in [6.07, 6.45) is 2.64. The first kappa shape index (κ1) is 34.8. The van der Waals surface area contributed by atoms with Crippen LogP contribution < -0.4 is 26.8 Å². The van der Waals surface area contributed by atoms with Gasteiger partial charge in [0, 0.05) is 0 Å². The molecule has 0 aliphatic rings. The summed E-state index contributed by atoms with van der Waals surface area (Å²) in [5.74, 6) is -0.676. The van der Waals surface area contributed by atoms with Crippen LogP contribution in [0.1, 0.15) is 83.1 Å². The molecule has 2 aromatic rings. The van der Waals surface area contributed by atoms with Crippen molar-refractivity contribution in [3.8, 4) is 5.75 Å². The zero-order chi connectivity index (χ0) is 31.2. The topological polar surface area (TPSA) is 146 Å². The molecule has 9 heteroatoms. The number of hydrogen-bond donors (Lipinski definition) is 4. The van der Waals surface area contributed by atoms with Crippen LogP contribution in [0.2, 0.25) is 0 Å². The molecule has 4 atom stereocenters. The SMILES string of the molecule is Cc1ccc(C(OC(=O)C(C)NC(=O)C(CC(C)C)NC(=O)C(N)C(C)C)c2ccc(OCCCCCN)cc2)cc1. The number of carbonyl (C=O) groups excluding carboxylic acids is 3.